The number of aromatic nitrogens is 1. The quantitative estimate of drug-likeness (QED) is 0.142. The van der Waals surface area contributed by atoms with Crippen LogP contribution in [0.3, 0.4) is 0 Å². The number of fused-ring (bicyclic) bond motifs is 2. The lowest BCUT2D eigenvalue weighted by Gasteiger charge is -2.08. The zero-order chi connectivity index (χ0) is 25.2. The van der Waals surface area contributed by atoms with Gasteiger partial charge in [0.05, 0.1) is 20.7 Å². The van der Waals surface area contributed by atoms with Gasteiger partial charge in [0.25, 0.3) is 11.6 Å². The molecule has 0 saturated heterocycles. The minimum absolute atomic E-state index is 0.285. The van der Waals surface area contributed by atoms with E-state index in [1.54, 1.807) is 30.0 Å². The van der Waals surface area contributed by atoms with Gasteiger partial charge in [-0.15, -0.1) is 11.3 Å². The van der Waals surface area contributed by atoms with Gasteiger partial charge in [-0.2, -0.15) is 0 Å². The number of nitrogens with zero attached hydrogens (tertiary/aromatic N) is 2. The number of carbonyl (C=O) groups is 2. The van der Waals surface area contributed by atoms with Gasteiger partial charge < -0.3 is 10.4 Å². The Morgan fingerprint density at radius 2 is 1.81 bits per heavy atom. The third-order valence-electron chi connectivity index (χ3n) is 5.56. The molecule has 0 spiro atoms. The zero-order valence-corrected chi connectivity index (χ0v) is 20.1. The first-order valence-corrected chi connectivity index (χ1v) is 12.5. The summed E-state index contributed by atoms with van der Waals surface area (Å²) in [5.41, 5.74) is 0.862. The van der Waals surface area contributed by atoms with Crippen LogP contribution in [0.5, 0.6) is 0 Å². The Labute approximate surface area is 212 Å². The lowest BCUT2D eigenvalue weighted by molar-refractivity contribution is -0.385. The molecule has 0 aliphatic rings. The third-order valence-corrected chi connectivity index (χ3v) is 7.77. The highest BCUT2D eigenvalue weighted by molar-refractivity contribution is 8.00. The maximum atomic E-state index is 12.8. The van der Waals surface area contributed by atoms with Crippen molar-refractivity contribution in [3.8, 4) is 0 Å². The van der Waals surface area contributed by atoms with Gasteiger partial charge in [-0.25, -0.2) is 9.78 Å². The summed E-state index contributed by atoms with van der Waals surface area (Å²) in [7, 11) is 0. The van der Waals surface area contributed by atoms with Crippen molar-refractivity contribution < 1.29 is 19.6 Å². The number of thioether (sulfide) groups is 1. The second kappa shape index (κ2) is 9.76. The van der Waals surface area contributed by atoms with Gasteiger partial charge >= 0.3 is 5.97 Å². The second-order valence-corrected chi connectivity index (χ2v) is 10.1. The molecule has 0 unspecified atom stereocenters. The molecule has 0 saturated carbocycles. The monoisotopic (exact) mass is 515 g/mol. The molecule has 10 heteroatoms. The molecule has 0 aliphatic carbocycles. The molecule has 1 amide bonds. The Hall–Kier alpha value is -4.28. The number of nitro groups is 1. The molecular weight excluding hydrogens is 498 g/mol. The van der Waals surface area contributed by atoms with E-state index in [-0.39, 0.29) is 5.56 Å². The van der Waals surface area contributed by atoms with E-state index in [1.165, 1.54) is 39.8 Å². The van der Waals surface area contributed by atoms with E-state index in [2.05, 4.69) is 34.6 Å². The first-order valence-electron chi connectivity index (χ1n) is 10.7. The maximum absolute atomic E-state index is 12.8. The standard InChI is InChI=1S/C26H17N3O5S2/c30-24(19-9-4-10-21(29(33)34)23(19)25(31)32)27-17-11-12-20-22(13-17)36-26(28-20)35-14-16-7-3-6-15-5-1-2-8-18(15)16/h1-13H,14H2,(H,27,30)(H,31,32). The van der Waals surface area contributed by atoms with Crippen LogP contribution in [0, 0.1) is 10.1 Å². The minimum atomic E-state index is -1.54. The van der Waals surface area contributed by atoms with Crippen LogP contribution in [0.2, 0.25) is 0 Å². The van der Waals surface area contributed by atoms with Crippen LogP contribution in [0.15, 0.2) is 83.2 Å². The number of carboxylic acids is 1. The molecule has 0 fully saturated rings. The van der Waals surface area contributed by atoms with E-state index in [0.29, 0.717) is 5.69 Å². The van der Waals surface area contributed by atoms with E-state index >= 15 is 0 Å². The van der Waals surface area contributed by atoms with E-state index < -0.39 is 28.1 Å². The molecule has 5 aromatic rings. The molecule has 2 N–H and O–H groups in total. The van der Waals surface area contributed by atoms with Crippen LogP contribution < -0.4 is 5.32 Å². The van der Waals surface area contributed by atoms with Gasteiger partial charge in [-0.3, -0.25) is 14.9 Å². The molecule has 0 bridgehead atoms. The van der Waals surface area contributed by atoms with Crippen molar-refractivity contribution in [2.45, 2.75) is 10.1 Å². The molecule has 0 atom stereocenters. The van der Waals surface area contributed by atoms with Crippen molar-refractivity contribution in [3.63, 3.8) is 0 Å². The summed E-state index contributed by atoms with van der Waals surface area (Å²) in [6.45, 7) is 0. The van der Waals surface area contributed by atoms with E-state index in [9.17, 15) is 24.8 Å². The third kappa shape index (κ3) is 4.64. The molecule has 0 radical (unpaired) electrons. The molecule has 4 aromatic carbocycles. The van der Waals surface area contributed by atoms with Gasteiger partial charge in [-0.05, 0) is 40.6 Å². The van der Waals surface area contributed by atoms with Crippen molar-refractivity contribution in [1.29, 1.82) is 0 Å². The number of hydrogen-bond donors (Lipinski definition) is 2. The van der Waals surface area contributed by atoms with Crippen molar-refractivity contribution in [3.05, 3.63) is 106 Å². The number of benzene rings is 4. The molecule has 0 aliphatic heterocycles. The number of amides is 1. The summed E-state index contributed by atoms with van der Waals surface area (Å²) in [6, 6.07) is 23.3. The van der Waals surface area contributed by atoms with E-state index in [1.807, 2.05) is 18.2 Å². The van der Waals surface area contributed by atoms with Crippen molar-refractivity contribution in [2.24, 2.45) is 0 Å². The van der Waals surface area contributed by atoms with Gasteiger partial charge in [0.15, 0.2) is 4.34 Å². The minimum Gasteiger partial charge on any atom is -0.477 e. The predicted molar refractivity (Wildman–Crippen MR) is 141 cm³/mol. The highest BCUT2D eigenvalue weighted by atomic mass is 32.2. The summed E-state index contributed by atoms with van der Waals surface area (Å²) in [6.07, 6.45) is 0. The number of hydrogen-bond acceptors (Lipinski definition) is 7. The molecule has 178 valence electrons. The number of thiazole rings is 1. The average Bonchev–Trinajstić information content (AvgIpc) is 3.29. The fourth-order valence-corrected chi connectivity index (χ4v) is 6.02. The SMILES string of the molecule is O=C(Nc1ccc2nc(SCc3cccc4ccccc34)sc2c1)c1cccc([N+](=O)[O-])c1C(=O)O. The topological polar surface area (TPSA) is 122 Å². The maximum Gasteiger partial charge on any atom is 0.343 e. The fraction of sp³-hybridized carbons (Fsp3) is 0.0385. The number of aromatic carboxylic acids is 1. The lowest BCUT2D eigenvalue weighted by Crippen LogP contribution is -2.17. The number of rotatable bonds is 7. The largest absolute Gasteiger partial charge is 0.477 e. The zero-order valence-electron chi connectivity index (χ0n) is 18.5. The van der Waals surface area contributed by atoms with Crippen LogP contribution >= 0.6 is 23.1 Å². The molecule has 8 nitrogen and oxygen atoms in total. The summed E-state index contributed by atoms with van der Waals surface area (Å²) in [4.78, 5) is 39.5. The summed E-state index contributed by atoms with van der Waals surface area (Å²) in [5, 5.41) is 25.7. The number of anilines is 1. The summed E-state index contributed by atoms with van der Waals surface area (Å²) >= 11 is 3.12. The molecule has 5 rings (SSSR count). The number of carboxylic acid groups (broad SMARTS) is 1. The molecule has 1 heterocycles. The van der Waals surface area contributed by atoms with Crippen molar-refractivity contribution in [2.75, 3.05) is 5.32 Å². The van der Waals surface area contributed by atoms with E-state index in [4.69, 9.17) is 0 Å². The molecule has 36 heavy (non-hydrogen) atoms. The highest BCUT2D eigenvalue weighted by Crippen LogP contribution is 2.34. The van der Waals surface area contributed by atoms with Gasteiger partial charge in [-0.1, -0.05) is 60.3 Å². The van der Waals surface area contributed by atoms with Crippen LogP contribution in [0.1, 0.15) is 26.3 Å². The smallest absolute Gasteiger partial charge is 0.343 e. The molecule has 1 aromatic heterocycles. The normalized spacial score (nSPS) is 11.0. The van der Waals surface area contributed by atoms with E-state index in [0.717, 1.165) is 26.4 Å². The van der Waals surface area contributed by atoms with Crippen LogP contribution in [0.25, 0.3) is 21.0 Å². The van der Waals surface area contributed by atoms with Crippen LogP contribution in [-0.4, -0.2) is 26.9 Å². The molecular formula is C26H17N3O5S2. The second-order valence-electron chi connectivity index (χ2n) is 7.81. The number of nitrogens with one attached hydrogen (secondary N) is 1. The number of carbonyl (C=O) groups excluding carboxylic acids is 1. The first kappa shape index (κ1) is 23.5. The van der Waals surface area contributed by atoms with Gasteiger partial charge in [0.2, 0.25) is 0 Å². The average molecular weight is 516 g/mol. The summed E-state index contributed by atoms with van der Waals surface area (Å²) < 4.78 is 1.74. The predicted octanol–water partition coefficient (Wildman–Crippen LogP) is 6.60. The summed E-state index contributed by atoms with van der Waals surface area (Å²) in [5.74, 6) is -1.53. The first-order chi connectivity index (χ1) is 17.4. The number of nitro benzene ring substituents is 1. The Morgan fingerprint density at radius 3 is 2.61 bits per heavy atom. The Balaban J connectivity index is 1.36. The fourth-order valence-electron chi connectivity index (χ4n) is 3.91. The Bertz CT molecular complexity index is 1660. The van der Waals surface area contributed by atoms with Gasteiger partial charge in [0.1, 0.15) is 5.56 Å². The Kier molecular flexibility index (Phi) is 6.36. The van der Waals surface area contributed by atoms with Crippen LogP contribution in [-0.2, 0) is 5.75 Å². The Morgan fingerprint density at radius 1 is 1.03 bits per heavy atom. The highest BCUT2D eigenvalue weighted by Gasteiger charge is 2.27. The lowest BCUT2D eigenvalue weighted by atomic mass is 10.0. The van der Waals surface area contributed by atoms with Gasteiger partial charge in [0, 0.05) is 17.5 Å². The van der Waals surface area contributed by atoms with Crippen molar-refractivity contribution >= 4 is 67.3 Å². The van der Waals surface area contributed by atoms with Crippen molar-refractivity contribution in [1.82, 2.24) is 4.98 Å². The van der Waals surface area contributed by atoms with Crippen LogP contribution in [0.4, 0.5) is 11.4 Å².